The first-order valence-electron chi connectivity index (χ1n) is 6.88. The smallest absolute Gasteiger partial charge is 0.206 e. The molecule has 1 N–H and O–H groups in total. The molecule has 0 atom stereocenters. The van der Waals surface area contributed by atoms with Crippen molar-refractivity contribution in [3.8, 4) is 17.1 Å². The maximum absolute atomic E-state index is 5.78. The summed E-state index contributed by atoms with van der Waals surface area (Å²) in [6.07, 6.45) is 4.56. The lowest BCUT2D eigenvalue weighted by molar-refractivity contribution is 0.342. The molecule has 0 spiro atoms. The van der Waals surface area contributed by atoms with E-state index >= 15 is 0 Å². The number of fused-ring (bicyclic) bond motifs is 1. The fraction of sp³-hybridized carbons (Fsp3) is 0.357. The van der Waals surface area contributed by atoms with Gasteiger partial charge < -0.3 is 9.30 Å². The van der Waals surface area contributed by atoms with Crippen LogP contribution in [0.2, 0.25) is 0 Å². The quantitative estimate of drug-likeness (QED) is 0.790. The number of hydrogen-bond donors (Lipinski definition) is 1. The van der Waals surface area contributed by atoms with Crippen LogP contribution in [-0.4, -0.2) is 31.8 Å². The lowest BCUT2D eigenvalue weighted by atomic mass is 10.1. The molecule has 0 amide bonds. The molecule has 1 saturated carbocycles. The van der Waals surface area contributed by atoms with E-state index in [4.69, 9.17) is 4.74 Å². The summed E-state index contributed by atoms with van der Waals surface area (Å²) in [5.74, 6) is 1.55. The van der Waals surface area contributed by atoms with Gasteiger partial charge in [0.1, 0.15) is 5.75 Å². The first-order valence-corrected chi connectivity index (χ1v) is 6.88. The second-order valence-electron chi connectivity index (χ2n) is 5.00. The first-order chi connectivity index (χ1) is 9.88. The van der Waals surface area contributed by atoms with Crippen molar-refractivity contribution in [3.63, 3.8) is 0 Å². The maximum Gasteiger partial charge on any atom is 0.206 e. The summed E-state index contributed by atoms with van der Waals surface area (Å²) in [4.78, 5) is 0. The Morgan fingerprint density at radius 3 is 3.00 bits per heavy atom. The number of aromatic amines is 1. The number of benzene rings is 1. The molecule has 1 aromatic carbocycles. The van der Waals surface area contributed by atoms with Crippen molar-refractivity contribution in [2.75, 3.05) is 6.61 Å². The average Bonchev–Trinajstić information content (AvgIpc) is 3.02. The molecule has 0 aliphatic heterocycles. The highest BCUT2D eigenvalue weighted by atomic mass is 16.5. The molecule has 102 valence electrons. The predicted molar refractivity (Wildman–Crippen MR) is 74.5 cm³/mol. The predicted octanol–water partition coefficient (Wildman–Crippen LogP) is 2.56. The van der Waals surface area contributed by atoms with Crippen LogP contribution in [0.1, 0.15) is 25.8 Å². The Morgan fingerprint density at radius 2 is 2.30 bits per heavy atom. The fourth-order valence-electron chi connectivity index (χ4n) is 2.65. The number of para-hydroxylation sites is 1. The third-order valence-corrected chi connectivity index (χ3v) is 3.64. The van der Waals surface area contributed by atoms with Gasteiger partial charge in [0.2, 0.25) is 5.82 Å². The van der Waals surface area contributed by atoms with Crippen LogP contribution in [0.3, 0.4) is 0 Å². The van der Waals surface area contributed by atoms with Crippen molar-refractivity contribution < 1.29 is 4.74 Å². The summed E-state index contributed by atoms with van der Waals surface area (Å²) in [5.41, 5.74) is 2.14. The number of nitrogens with zero attached hydrogens (tertiary/aromatic N) is 4. The lowest BCUT2D eigenvalue weighted by Crippen LogP contribution is -1.97. The second-order valence-corrected chi connectivity index (χ2v) is 5.00. The van der Waals surface area contributed by atoms with Crippen LogP contribution in [-0.2, 0) is 0 Å². The highest BCUT2D eigenvalue weighted by Crippen LogP contribution is 2.43. The van der Waals surface area contributed by atoms with E-state index in [2.05, 4.69) is 37.5 Å². The Labute approximate surface area is 115 Å². The molecule has 1 aliphatic carbocycles. The Hall–Kier alpha value is -2.37. The minimum Gasteiger partial charge on any atom is -0.492 e. The number of rotatable bonds is 4. The van der Waals surface area contributed by atoms with Gasteiger partial charge in [-0.25, -0.2) is 0 Å². The van der Waals surface area contributed by atoms with Gasteiger partial charge in [0.05, 0.1) is 12.1 Å². The van der Waals surface area contributed by atoms with Crippen LogP contribution in [0.15, 0.2) is 24.4 Å². The Kier molecular flexibility index (Phi) is 2.48. The third-order valence-electron chi connectivity index (χ3n) is 3.64. The van der Waals surface area contributed by atoms with Gasteiger partial charge in [-0.3, -0.25) is 0 Å². The normalized spacial score (nSPS) is 14.8. The van der Waals surface area contributed by atoms with Crippen molar-refractivity contribution in [3.05, 3.63) is 24.4 Å². The standard InChI is InChI=1S/C14H15N5O/c1-2-20-12-5-3-4-10-11(14-15-17-18-16-14)8-19(13(10)12)9-6-7-9/h3-5,8-9H,2,6-7H2,1H3,(H,15,16,17,18). The van der Waals surface area contributed by atoms with Gasteiger partial charge in [-0.15, -0.1) is 10.2 Å². The molecule has 2 aromatic heterocycles. The molecule has 0 radical (unpaired) electrons. The van der Waals surface area contributed by atoms with Gasteiger partial charge in [0.15, 0.2) is 0 Å². The molecule has 3 aromatic rings. The zero-order valence-electron chi connectivity index (χ0n) is 11.2. The van der Waals surface area contributed by atoms with Gasteiger partial charge in [-0.1, -0.05) is 12.1 Å². The van der Waals surface area contributed by atoms with Crippen LogP contribution in [0, 0.1) is 0 Å². The molecule has 0 bridgehead atoms. The number of hydrogen-bond acceptors (Lipinski definition) is 4. The van der Waals surface area contributed by atoms with Crippen molar-refractivity contribution >= 4 is 10.9 Å². The second kappa shape index (κ2) is 4.33. The SMILES string of the molecule is CCOc1cccc2c(-c3nn[nH]n3)cn(C3CC3)c12. The van der Waals surface area contributed by atoms with Gasteiger partial charge in [-0.2, -0.15) is 5.21 Å². The molecule has 6 heteroatoms. The first kappa shape index (κ1) is 11.5. The molecular weight excluding hydrogens is 254 g/mol. The summed E-state index contributed by atoms with van der Waals surface area (Å²) in [6, 6.07) is 6.68. The number of ether oxygens (including phenoxy) is 1. The summed E-state index contributed by atoms with van der Waals surface area (Å²) >= 11 is 0. The minimum atomic E-state index is 0.569. The van der Waals surface area contributed by atoms with E-state index in [1.807, 2.05) is 19.1 Å². The van der Waals surface area contributed by atoms with Crippen molar-refractivity contribution in [1.29, 1.82) is 0 Å². The summed E-state index contributed by atoms with van der Waals surface area (Å²) in [5, 5.41) is 15.5. The third kappa shape index (κ3) is 1.68. The van der Waals surface area contributed by atoms with E-state index in [0.29, 0.717) is 18.5 Å². The number of nitrogens with one attached hydrogen (secondary N) is 1. The molecule has 20 heavy (non-hydrogen) atoms. The van der Waals surface area contributed by atoms with Crippen LogP contribution < -0.4 is 4.74 Å². The molecule has 1 aliphatic rings. The maximum atomic E-state index is 5.78. The molecule has 2 heterocycles. The zero-order valence-corrected chi connectivity index (χ0v) is 11.2. The monoisotopic (exact) mass is 269 g/mol. The van der Waals surface area contributed by atoms with Crippen LogP contribution in [0.4, 0.5) is 0 Å². The van der Waals surface area contributed by atoms with E-state index in [-0.39, 0.29) is 0 Å². The Morgan fingerprint density at radius 1 is 1.40 bits per heavy atom. The van der Waals surface area contributed by atoms with Crippen molar-refractivity contribution in [2.45, 2.75) is 25.8 Å². The molecule has 6 nitrogen and oxygen atoms in total. The summed E-state index contributed by atoms with van der Waals surface area (Å²) in [7, 11) is 0. The van der Waals surface area contributed by atoms with E-state index in [1.165, 1.54) is 12.8 Å². The number of tetrazole rings is 1. The molecule has 1 fully saturated rings. The molecule has 0 unspecified atom stereocenters. The van der Waals surface area contributed by atoms with Crippen molar-refractivity contribution in [2.24, 2.45) is 0 Å². The van der Waals surface area contributed by atoms with Gasteiger partial charge >= 0.3 is 0 Å². The van der Waals surface area contributed by atoms with Crippen molar-refractivity contribution in [1.82, 2.24) is 25.2 Å². The highest BCUT2D eigenvalue weighted by Gasteiger charge is 2.28. The lowest BCUT2D eigenvalue weighted by Gasteiger charge is -2.08. The van der Waals surface area contributed by atoms with E-state index in [9.17, 15) is 0 Å². The Balaban J connectivity index is 1.99. The van der Waals surface area contributed by atoms with Gasteiger partial charge in [0.25, 0.3) is 0 Å². The summed E-state index contributed by atoms with van der Waals surface area (Å²) in [6.45, 7) is 2.66. The number of aromatic nitrogens is 5. The van der Waals surface area contributed by atoms with Gasteiger partial charge in [0, 0.05) is 23.2 Å². The summed E-state index contributed by atoms with van der Waals surface area (Å²) < 4.78 is 8.08. The minimum absolute atomic E-state index is 0.569. The van der Waals surface area contributed by atoms with E-state index < -0.39 is 0 Å². The van der Waals surface area contributed by atoms with Gasteiger partial charge in [-0.05, 0) is 31.0 Å². The topological polar surface area (TPSA) is 68.6 Å². The van der Waals surface area contributed by atoms with Crippen LogP contribution in [0.25, 0.3) is 22.3 Å². The Bertz CT molecular complexity index is 742. The van der Waals surface area contributed by atoms with Crippen LogP contribution >= 0.6 is 0 Å². The number of H-pyrrole nitrogens is 1. The van der Waals surface area contributed by atoms with E-state index in [0.717, 1.165) is 22.2 Å². The highest BCUT2D eigenvalue weighted by molar-refractivity contribution is 5.97. The van der Waals surface area contributed by atoms with Crippen LogP contribution in [0.5, 0.6) is 5.75 Å². The average molecular weight is 269 g/mol. The molecule has 4 rings (SSSR count). The molecule has 0 saturated heterocycles. The van der Waals surface area contributed by atoms with E-state index in [1.54, 1.807) is 0 Å². The molecular formula is C14H15N5O. The zero-order chi connectivity index (χ0) is 13.5. The fourth-order valence-corrected chi connectivity index (χ4v) is 2.65. The largest absolute Gasteiger partial charge is 0.492 e.